The standard InChI is InChI=1S/C33H36N6S/c1-6-24(18-27(7-2)36-22(4)25-12-9-8-10-13-25)26-19-29-31(38-39-33(29)35-20-26)23(5)37-32-21(3)28(15-16-34-32)30-14-11-17-40-30/h6-7,11,14-20,25,36H,2,4-5,8-10,12-13H2,1,3H3,(H,34,37)(H,35,38,39)/b24-6+,27-18+. The van der Waals surface area contributed by atoms with Crippen LogP contribution in [0, 0.1) is 12.8 Å². The fourth-order valence-electron chi connectivity index (χ4n) is 5.24. The van der Waals surface area contributed by atoms with Gasteiger partial charge in [0.1, 0.15) is 5.82 Å². The van der Waals surface area contributed by atoms with Gasteiger partial charge in [0.05, 0.1) is 11.4 Å². The van der Waals surface area contributed by atoms with E-state index in [0.29, 0.717) is 17.3 Å². The van der Waals surface area contributed by atoms with Crippen molar-refractivity contribution >= 4 is 39.5 Å². The molecule has 4 aromatic rings. The van der Waals surface area contributed by atoms with E-state index >= 15 is 0 Å². The van der Waals surface area contributed by atoms with E-state index in [-0.39, 0.29) is 0 Å². The van der Waals surface area contributed by atoms with E-state index in [1.54, 1.807) is 11.3 Å². The highest BCUT2D eigenvalue weighted by atomic mass is 32.1. The summed E-state index contributed by atoms with van der Waals surface area (Å²) in [6.45, 7) is 16.8. The number of hydrogen-bond acceptors (Lipinski definition) is 6. The van der Waals surface area contributed by atoms with Crippen LogP contribution in [0.15, 0.2) is 91.4 Å². The number of H-pyrrole nitrogens is 1. The molecule has 0 unspecified atom stereocenters. The smallest absolute Gasteiger partial charge is 0.181 e. The third kappa shape index (κ3) is 5.84. The Labute approximate surface area is 240 Å². The summed E-state index contributed by atoms with van der Waals surface area (Å²) in [4.78, 5) is 10.4. The average molecular weight is 549 g/mol. The maximum absolute atomic E-state index is 4.63. The summed E-state index contributed by atoms with van der Waals surface area (Å²) in [5, 5.41) is 17.4. The van der Waals surface area contributed by atoms with Gasteiger partial charge in [0.15, 0.2) is 5.65 Å². The molecular weight excluding hydrogens is 512 g/mol. The average Bonchev–Trinajstić information content (AvgIpc) is 3.67. The lowest BCUT2D eigenvalue weighted by atomic mass is 9.87. The molecule has 204 valence electrons. The first kappa shape index (κ1) is 27.3. The van der Waals surface area contributed by atoms with Crippen LogP contribution in [0.2, 0.25) is 0 Å². The highest BCUT2D eigenvalue weighted by molar-refractivity contribution is 7.13. The predicted molar refractivity (Wildman–Crippen MR) is 170 cm³/mol. The molecule has 0 bridgehead atoms. The molecule has 40 heavy (non-hydrogen) atoms. The van der Waals surface area contributed by atoms with Crippen LogP contribution in [0.1, 0.15) is 55.8 Å². The van der Waals surface area contributed by atoms with E-state index in [4.69, 9.17) is 0 Å². The number of hydrogen-bond donors (Lipinski definition) is 3. The number of pyridine rings is 2. The number of fused-ring (bicyclic) bond motifs is 1. The van der Waals surface area contributed by atoms with E-state index in [0.717, 1.165) is 50.6 Å². The summed E-state index contributed by atoms with van der Waals surface area (Å²) in [6, 6.07) is 8.31. The molecular formula is C33H36N6S. The van der Waals surface area contributed by atoms with Crippen molar-refractivity contribution in [1.29, 1.82) is 0 Å². The highest BCUT2D eigenvalue weighted by Crippen LogP contribution is 2.33. The van der Waals surface area contributed by atoms with Gasteiger partial charge in [0, 0.05) is 45.2 Å². The van der Waals surface area contributed by atoms with Crippen LogP contribution in [0.25, 0.3) is 32.7 Å². The van der Waals surface area contributed by atoms with E-state index in [9.17, 15) is 0 Å². The number of allylic oxidation sites excluding steroid dienone is 5. The molecule has 4 heterocycles. The zero-order valence-electron chi connectivity index (χ0n) is 23.3. The van der Waals surface area contributed by atoms with Crippen LogP contribution in [0.3, 0.4) is 0 Å². The molecule has 0 aromatic carbocycles. The fraction of sp³-hybridized carbons (Fsp3) is 0.242. The third-order valence-electron chi connectivity index (χ3n) is 7.55. The molecule has 0 aliphatic heterocycles. The Balaban J connectivity index is 1.39. The van der Waals surface area contributed by atoms with Crippen molar-refractivity contribution < 1.29 is 0 Å². The van der Waals surface area contributed by atoms with E-state index in [2.05, 4.69) is 93.2 Å². The van der Waals surface area contributed by atoms with Crippen LogP contribution in [-0.4, -0.2) is 20.2 Å². The van der Waals surface area contributed by atoms with Crippen molar-refractivity contribution in [3.05, 3.63) is 108 Å². The first-order valence-electron chi connectivity index (χ1n) is 13.7. The Bertz CT molecular complexity index is 1600. The van der Waals surface area contributed by atoms with Crippen LogP contribution < -0.4 is 10.6 Å². The lowest BCUT2D eigenvalue weighted by molar-refractivity contribution is 0.393. The molecule has 0 atom stereocenters. The maximum atomic E-state index is 4.63. The van der Waals surface area contributed by atoms with Gasteiger partial charge in [-0.15, -0.1) is 11.3 Å². The largest absolute Gasteiger partial charge is 0.359 e. The van der Waals surface area contributed by atoms with Crippen molar-refractivity contribution in [2.24, 2.45) is 5.92 Å². The van der Waals surface area contributed by atoms with Crippen molar-refractivity contribution in [2.75, 3.05) is 5.32 Å². The molecule has 0 spiro atoms. The molecule has 5 rings (SSSR count). The number of nitrogens with one attached hydrogen (secondary N) is 3. The lowest BCUT2D eigenvalue weighted by Crippen LogP contribution is -2.20. The number of aromatic amines is 1. The van der Waals surface area contributed by atoms with Gasteiger partial charge < -0.3 is 10.6 Å². The second kappa shape index (κ2) is 12.3. The SMILES string of the molecule is C=C/C(=C\C(=C/C)c1cnc2n[nH]c(C(=C)Nc3nccc(-c4cccs4)c3C)c2c1)NC(=C)C1CCCCC1. The molecule has 6 nitrogen and oxygen atoms in total. The number of aromatic nitrogens is 4. The Hall–Kier alpha value is -4.23. The molecule has 1 fully saturated rings. The van der Waals surface area contributed by atoms with Gasteiger partial charge in [-0.25, -0.2) is 9.97 Å². The molecule has 0 amide bonds. The van der Waals surface area contributed by atoms with Crippen LogP contribution in [0.5, 0.6) is 0 Å². The van der Waals surface area contributed by atoms with Crippen LogP contribution in [-0.2, 0) is 0 Å². The first-order chi connectivity index (χ1) is 19.5. The van der Waals surface area contributed by atoms with Crippen molar-refractivity contribution in [1.82, 2.24) is 25.5 Å². The number of thiophene rings is 1. The quantitative estimate of drug-likeness (QED) is 0.173. The minimum Gasteiger partial charge on any atom is -0.359 e. The summed E-state index contributed by atoms with van der Waals surface area (Å²) in [5.74, 6) is 1.28. The highest BCUT2D eigenvalue weighted by Gasteiger charge is 2.17. The van der Waals surface area contributed by atoms with E-state index in [1.165, 1.54) is 37.0 Å². The van der Waals surface area contributed by atoms with Gasteiger partial charge in [0.2, 0.25) is 0 Å². The summed E-state index contributed by atoms with van der Waals surface area (Å²) >= 11 is 1.71. The Kier molecular flexibility index (Phi) is 8.41. The van der Waals surface area contributed by atoms with Gasteiger partial charge in [-0.3, -0.25) is 5.10 Å². The minimum absolute atomic E-state index is 0.514. The monoisotopic (exact) mass is 548 g/mol. The van der Waals surface area contributed by atoms with Gasteiger partial charge in [-0.2, -0.15) is 5.10 Å². The van der Waals surface area contributed by atoms with Crippen LogP contribution >= 0.6 is 11.3 Å². The second-order valence-corrected chi connectivity index (χ2v) is 11.1. The number of anilines is 1. The Morgan fingerprint density at radius 1 is 1.15 bits per heavy atom. The zero-order chi connectivity index (χ0) is 28.1. The fourth-order valence-corrected chi connectivity index (χ4v) is 6.05. The molecule has 1 aliphatic rings. The normalized spacial score (nSPS) is 14.8. The lowest BCUT2D eigenvalue weighted by Gasteiger charge is -2.25. The van der Waals surface area contributed by atoms with Crippen molar-refractivity contribution in [3.63, 3.8) is 0 Å². The molecule has 1 aliphatic carbocycles. The van der Waals surface area contributed by atoms with E-state index in [1.807, 2.05) is 31.5 Å². The second-order valence-electron chi connectivity index (χ2n) is 10.1. The Morgan fingerprint density at radius 3 is 2.70 bits per heavy atom. The van der Waals surface area contributed by atoms with Gasteiger partial charge in [-0.05, 0) is 79.5 Å². The predicted octanol–water partition coefficient (Wildman–Crippen LogP) is 8.63. The Morgan fingerprint density at radius 2 is 1.98 bits per heavy atom. The summed E-state index contributed by atoms with van der Waals surface area (Å²) in [7, 11) is 0. The van der Waals surface area contributed by atoms with Gasteiger partial charge in [0.25, 0.3) is 0 Å². The van der Waals surface area contributed by atoms with Gasteiger partial charge in [-0.1, -0.05) is 51.1 Å². The molecule has 7 heteroatoms. The maximum Gasteiger partial charge on any atom is 0.181 e. The summed E-state index contributed by atoms with van der Waals surface area (Å²) in [6.07, 6.45) is 15.9. The first-order valence-corrected chi connectivity index (χ1v) is 14.6. The third-order valence-corrected chi connectivity index (χ3v) is 8.45. The molecule has 3 N–H and O–H groups in total. The molecule has 4 aromatic heterocycles. The molecule has 0 radical (unpaired) electrons. The topological polar surface area (TPSA) is 78.5 Å². The van der Waals surface area contributed by atoms with Gasteiger partial charge >= 0.3 is 0 Å². The number of nitrogens with zero attached hydrogens (tertiary/aromatic N) is 3. The van der Waals surface area contributed by atoms with Crippen LogP contribution in [0.4, 0.5) is 5.82 Å². The van der Waals surface area contributed by atoms with Crippen molar-refractivity contribution in [2.45, 2.75) is 46.0 Å². The number of rotatable bonds is 10. The van der Waals surface area contributed by atoms with Crippen molar-refractivity contribution in [3.8, 4) is 10.4 Å². The molecule has 1 saturated carbocycles. The summed E-state index contributed by atoms with van der Waals surface area (Å²) in [5.41, 5.74) is 8.30. The molecule has 0 saturated heterocycles. The minimum atomic E-state index is 0.514. The van der Waals surface area contributed by atoms with E-state index < -0.39 is 0 Å². The zero-order valence-corrected chi connectivity index (χ0v) is 24.1. The summed E-state index contributed by atoms with van der Waals surface area (Å²) < 4.78 is 0.